The summed E-state index contributed by atoms with van der Waals surface area (Å²) in [5, 5.41) is 22.6. The van der Waals surface area contributed by atoms with Crippen LogP contribution in [-0.4, -0.2) is 34.9 Å². The van der Waals surface area contributed by atoms with Gasteiger partial charge in [-0.05, 0) is 25.0 Å². The van der Waals surface area contributed by atoms with E-state index in [1.165, 1.54) is 0 Å². The quantitative estimate of drug-likeness (QED) is 0.644. The van der Waals surface area contributed by atoms with E-state index >= 15 is 0 Å². The lowest BCUT2D eigenvalue weighted by atomic mass is 10.1. The zero-order valence-electron chi connectivity index (χ0n) is 10.9. The summed E-state index contributed by atoms with van der Waals surface area (Å²) in [6.45, 7) is 3.40. The number of hydrogen-bond acceptors (Lipinski definition) is 3. The predicted molar refractivity (Wildman–Crippen MR) is 71.2 cm³/mol. The SMILES string of the molecule is Cc1cccc(C)c1NC(=O)NC(CCO)C(=O)O. The van der Waals surface area contributed by atoms with Crippen molar-refractivity contribution in [3.05, 3.63) is 29.3 Å². The summed E-state index contributed by atoms with van der Waals surface area (Å²) in [7, 11) is 0. The Morgan fingerprint density at radius 1 is 1.26 bits per heavy atom. The number of para-hydroxylation sites is 1. The molecule has 19 heavy (non-hydrogen) atoms. The number of aliphatic carboxylic acids is 1. The van der Waals surface area contributed by atoms with E-state index in [2.05, 4.69) is 10.6 Å². The van der Waals surface area contributed by atoms with Crippen LogP contribution in [-0.2, 0) is 4.79 Å². The van der Waals surface area contributed by atoms with Crippen molar-refractivity contribution in [1.82, 2.24) is 5.32 Å². The average molecular weight is 266 g/mol. The van der Waals surface area contributed by atoms with Gasteiger partial charge in [0.05, 0.1) is 0 Å². The number of carboxylic acid groups (broad SMARTS) is 1. The molecule has 2 amide bonds. The molecule has 4 N–H and O–H groups in total. The number of aliphatic hydroxyl groups is 1. The first-order chi connectivity index (χ1) is 8.95. The molecular formula is C13H18N2O4. The Hall–Kier alpha value is -2.08. The van der Waals surface area contributed by atoms with E-state index < -0.39 is 18.0 Å². The Kier molecular flexibility index (Phi) is 5.32. The number of carbonyl (C=O) groups is 2. The minimum absolute atomic E-state index is 0.0322. The Morgan fingerprint density at radius 2 is 1.84 bits per heavy atom. The molecule has 0 saturated carbocycles. The number of carboxylic acids is 1. The molecule has 0 bridgehead atoms. The highest BCUT2D eigenvalue weighted by Crippen LogP contribution is 2.19. The molecule has 0 saturated heterocycles. The molecule has 1 aromatic carbocycles. The maximum Gasteiger partial charge on any atom is 0.326 e. The molecule has 1 rings (SSSR count). The van der Waals surface area contributed by atoms with Crippen molar-refractivity contribution >= 4 is 17.7 Å². The number of rotatable bonds is 5. The molecule has 0 heterocycles. The molecule has 0 radical (unpaired) electrons. The summed E-state index contributed by atoms with van der Waals surface area (Å²) in [5.41, 5.74) is 2.45. The molecule has 6 nitrogen and oxygen atoms in total. The summed E-state index contributed by atoms with van der Waals surface area (Å²) in [6, 6.07) is 3.88. The molecule has 6 heteroatoms. The van der Waals surface area contributed by atoms with E-state index in [1.54, 1.807) is 0 Å². The van der Waals surface area contributed by atoms with E-state index in [0.29, 0.717) is 5.69 Å². The largest absolute Gasteiger partial charge is 0.480 e. The number of benzene rings is 1. The van der Waals surface area contributed by atoms with Crippen molar-refractivity contribution in [2.24, 2.45) is 0 Å². The Labute approximate surface area is 111 Å². The Morgan fingerprint density at radius 3 is 2.32 bits per heavy atom. The molecule has 0 fully saturated rings. The van der Waals surface area contributed by atoms with Gasteiger partial charge in [-0.15, -0.1) is 0 Å². The number of carbonyl (C=O) groups excluding carboxylic acids is 1. The summed E-state index contributed by atoms with van der Waals surface area (Å²) >= 11 is 0. The van der Waals surface area contributed by atoms with Gasteiger partial charge in [0, 0.05) is 18.7 Å². The number of hydrogen-bond donors (Lipinski definition) is 4. The van der Waals surface area contributed by atoms with Gasteiger partial charge in [0.2, 0.25) is 0 Å². The Bertz CT molecular complexity index is 453. The van der Waals surface area contributed by atoms with Gasteiger partial charge in [-0.3, -0.25) is 0 Å². The lowest BCUT2D eigenvalue weighted by Gasteiger charge is -2.16. The van der Waals surface area contributed by atoms with E-state index in [9.17, 15) is 9.59 Å². The van der Waals surface area contributed by atoms with Crippen molar-refractivity contribution < 1.29 is 19.8 Å². The fraction of sp³-hybridized carbons (Fsp3) is 0.385. The van der Waals surface area contributed by atoms with Gasteiger partial charge in [0.15, 0.2) is 0 Å². The summed E-state index contributed by atoms with van der Waals surface area (Å²) in [4.78, 5) is 22.6. The van der Waals surface area contributed by atoms with Crippen LogP contribution in [0.4, 0.5) is 10.5 Å². The molecule has 1 atom stereocenters. The highest BCUT2D eigenvalue weighted by atomic mass is 16.4. The fourth-order valence-corrected chi connectivity index (χ4v) is 1.71. The minimum Gasteiger partial charge on any atom is -0.480 e. The average Bonchev–Trinajstić information content (AvgIpc) is 2.33. The molecule has 0 aromatic heterocycles. The molecule has 0 aliphatic heterocycles. The third kappa shape index (κ3) is 4.26. The Balaban J connectivity index is 2.72. The first-order valence-electron chi connectivity index (χ1n) is 5.93. The number of urea groups is 1. The highest BCUT2D eigenvalue weighted by molar-refractivity contribution is 5.93. The van der Waals surface area contributed by atoms with Crippen LogP contribution in [0.1, 0.15) is 17.5 Å². The molecule has 1 unspecified atom stereocenters. The predicted octanol–water partition coefficient (Wildman–Crippen LogP) is 1.26. The van der Waals surface area contributed by atoms with Gasteiger partial charge in [-0.2, -0.15) is 0 Å². The molecule has 0 aliphatic rings. The van der Waals surface area contributed by atoms with E-state index in [1.807, 2.05) is 32.0 Å². The topological polar surface area (TPSA) is 98.7 Å². The van der Waals surface area contributed by atoms with Crippen LogP contribution in [0.3, 0.4) is 0 Å². The second kappa shape index (κ2) is 6.75. The zero-order chi connectivity index (χ0) is 14.4. The van der Waals surface area contributed by atoms with Gasteiger partial charge in [0.1, 0.15) is 6.04 Å². The first-order valence-corrected chi connectivity index (χ1v) is 5.93. The normalized spacial score (nSPS) is 11.7. The van der Waals surface area contributed by atoms with Crippen molar-refractivity contribution in [3.8, 4) is 0 Å². The second-order valence-electron chi connectivity index (χ2n) is 4.27. The van der Waals surface area contributed by atoms with Gasteiger partial charge in [-0.25, -0.2) is 9.59 Å². The van der Waals surface area contributed by atoms with Crippen LogP contribution < -0.4 is 10.6 Å². The van der Waals surface area contributed by atoms with Gasteiger partial charge in [-0.1, -0.05) is 18.2 Å². The van der Waals surface area contributed by atoms with Gasteiger partial charge >= 0.3 is 12.0 Å². The van der Waals surface area contributed by atoms with Crippen LogP contribution in [0.15, 0.2) is 18.2 Å². The molecule has 104 valence electrons. The van der Waals surface area contributed by atoms with E-state index in [4.69, 9.17) is 10.2 Å². The van der Waals surface area contributed by atoms with Crippen LogP contribution in [0.2, 0.25) is 0 Å². The van der Waals surface area contributed by atoms with Crippen molar-refractivity contribution in [1.29, 1.82) is 0 Å². The lowest BCUT2D eigenvalue weighted by Crippen LogP contribution is -2.43. The maximum absolute atomic E-state index is 11.7. The van der Waals surface area contributed by atoms with E-state index in [-0.39, 0.29) is 13.0 Å². The molecule has 1 aromatic rings. The standard InChI is InChI=1S/C13H18N2O4/c1-8-4-3-5-9(2)11(8)15-13(19)14-10(6-7-16)12(17)18/h3-5,10,16H,6-7H2,1-2H3,(H,17,18)(H2,14,15,19). The van der Waals surface area contributed by atoms with Gasteiger partial charge < -0.3 is 20.8 Å². The lowest BCUT2D eigenvalue weighted by molar-refractivity contribution is -0.139. The van der Waals surface area contributed by atoms with Crippen molar-refractivity contribution in [3.63, 3.8) is 0 Å². The van der Waals surface area contributed by atoms with Crippen molar-refractivity contribution in [2.45, 2.75) is 26.3 Å². The van der Waals surface area contributed by atoms with Crippen LogP contribution in [0.25, 0.3) is 0 Å². The number of anilines is 1. The zero-order valence-corrected chi connectivity index (χ0v) is 10.9. The minimum atomic E-state index is -1.18. The van der Waals surface area contributed by atoms with Gasteiger partial charge in [0.25, 0.3) is 0 Å². The summed E-state index contributed by atoms with van der Waals surface area (Å²) in [6.07, 6.45) is -0.0322. The van der Waals surface area contributed by atoms with E-state index in [0.717, 1.165) is 11.1 Å². The van der Waals surface area contributed by atoms with Crippen LogP contribution >= 0.6 is 0 Å². The maximum atomic E-state index is 11.7. The molecular weight excluding hydrogens is 248 g/mol. The van der Waals surface area contributed by atoms with Crippen LogP contribution in [0.5, 0.6) is 0 Å². The number of aryl methyl sites for hydroxylation is 2. The fourth-order valence-electron chi connectivity index (χ4n) is 1.71. The molecule has 0 aliphatic carbocycles. The highest BCUT2D eigenvalue weighted by Gasteiger charge is 2.19. The third-order valence-electron chi connectivity index (χ3n) is 2.74. The number of amides is 2. The number of nitrogens with one attached hydrogen (secondary N) is 2. The summed E-state index contributed by atoms with van der Waals surface area (Å²) in [5.74, 6) is -1.18. The smallest absolute Gasteiger partial charge is 0.326 e. The first kappa shape index (κ1) is 15.0. The third-order valence-corrected chi connectivity index (χ3v) is 2.74. The molecule has 0 spiro atoms. The second-order valence-corrected chi connectivity index (χ2v) is 4.27. The number of aliphatic hydroxyl groups excluding tert-OH is 1. The van der Waals surface area contributed by atoms with Crippen LogP contribution in [0, 0.1) is 13.8 Å². The van der Waals surface area contributed by atoms with Crippen molar-refractivity contribution in [2.75, 3.05) is 11.9 Å². The monoisotopic (exact) mass is 266 g/mol. The summed E-state index contributed by atoms with van der Waals surface area (Å²) < 4.78 is 0.